The van der Waals surface area contributed by atoms with Crippen LogP contribution >= 0.6 is 11.6 Å². The topological polar surface area (TPSA) is 104 Å². The molecule has 3 N–H and O–H groups in total. The first-order valence-electron chi connectivity index (χ1n) is 7.32. The minimum Gasteiger partial charge on any atom is -0.368 e. The summed E-state index contributed by atoms with van der Waals surface area (Å²) in [4.78, 5) is 14.5. The summed E-state index contributed by atoms with van der Waals surface area (Å²) in [6, 6.07) is 7.73. The first kappa shape index (κ1) is 15.3. The maximum atomic E-state index is 8.81. The van der Waals surface area contributed by atoms with E-state index in [1.807, 2.05) is 6.07 Å². The molecule has 1 aliphatic rings. The molecule has 0 atom stereocenters. The van der Waals surface area contributed by atoms with E-state index in [-0.39, 0.29) is 5.95 Å². The Labute approximate surface area is 139 Å². The summed E-state index contributed by atoms with van der Waals surface area (Å²) in [7, 11) is 0. The number of rotatable bonds is 3. The highest BCUT2D eigenvalue weighted by molar-refractivity contribution is 6.29. The van der Waals surface area contributed by atoms with Gasteiger partial charge in [-0.2, -0.15) is 10.2 Å². The second-order valence-electron chi connectivity index (χ2n) is 5.36. The molecule has 3 heterocycles. The molecular weight excluding hydrogens is 314 g/mol. The van der Waals surface area contributed by atoms with Gasteiger partial charge in [-0.1, -0.05) is 11.6 Å². The molecule has 118 valence electrons. The predicted octanol–water partition coefficient (Wildman–Crippen LogP) is 2.06. The Bertz CT molecular complexity index is 697. The number of hydrogen-bond acceptors (Lipinski definition) is 7. The third-order valence-corrected chi connectivity index (χ3v) is 3.95. The number of hydrogen-bond donors (Lipinski definition) is 2. The minimum atomic E-state index is 0.166. The molecule has 23 heavy (non-hydrogen) atoms. The molecule has 0 radical (unpaired) electrons. The largest absolute Gasteiger partial charge is 0.368 e. The van der Waals surface area contributed by atoms with Gasteiger partial charge in [0.25, 0.3) is 0 Å². The maximum Gasteiger partial charge on any atom is 0.223 e. The first-order valence-corrected chi connectivity index (χ1v) is 7.69. The van der Waals surface area contributed by atoms with E-state index in [9.17, 15) is 0 Å². The second kappa shape index (κ2) is 6.67. The van der Waals surface area contributed by atoms with Gasteiger partial charge in [-0.15, -0.1) is 0 Å². The number of piperidine rings is 1. The number of nitrogens with zero attached hydrogens (tertiary/aromatic N) is 5. The number of nitrogens with one attached hydrogen (secondary N) is 1. The van der Waals surface area contributed by atoms with Crippen molar-refractivity contribution < 1.29 is 0 Å². The minimum absolute atomic E-state index is 0.166. The van der Waals surface area contributed by atoms with Crippen LogP contribution in [-0.4, -0.2) is 34.1 Å². The number of halogens is 1. The highest BCUT2D eigenvalue weighted by atomic mass is 35.5. The summed E-state index contributed by atoms with van der Waals surface area (Å²) >= 11 is 5.89. The normalized spacial score (nSPS) is 15.2. The van der Waals surface area contributed by atoms with E-state index in [1.165, 1.54) is 0 Å². The fraction of sp³-hybridized carbons (Fsp3) is 0.333. The highest BCUT2D eigenvalue weighted by Gasteiger charge is 2.20. The lowest BCUT2D eigenvalue weighted by atomic mass is 10.0. The number of nitriles is 1. The maximum absolute atomic E-state index is 8.81. The SMILES string of the molecule is N#Cc1ccc(N2CCC(Nc3cc(Cl)nc(N)n3)CC2)nc1. The monoisotopic (exact) mass is 329 g/mol. The van der Waals surface area contributed by atoms with E-state index < -0.39 is 0 Å². The molecular formula is C15H16ClN7. The zero-order chi connectivity index (χ0) is 16.2. The van der Waals surface area contributed by atoms with Gasteiger partial charge in [0.2, 0.25) is 5.95 Å². The van der Waals surface area contributed by atoms with Crippen molar-refractivity contribution in [2.75, 3.05) is 29.0 Å². The van der Waals surface area contributed by atoms with Gasteiger partial charge < -0.3 is 16.0 Å². The van der Waals surface area contributed by atoms with E-state index in [2.05, 4.69) is 31.2 Å². The van der Waals surface area contributed by atoms with Crippen LogP contribution in [0.2, 0.25) is 5.15 Å². The van der Waals surface area contributed by atoms with Crippen LogP contribution in [0.4, 0.5) is 17.6 Å². The average Bonchev–Trinajstić information content (AvgIpc) is 2.55. The summed E-state index contributed by atoms with van der Waals surface area (Å²) in [5, 5.41) is 12.5. The molecule has 0 bridgehead atoms. The molecule has 7 nitrogen and oxygen atoms in total. The van der Waals surface area contributed by atoms with Gasteiger partial charge in [-0.25, -0.2) is 9.97 Å². The van der Waals surface area contributed by atoms with Crippen molar-refractivity contribution in [2.45, 2.75) is 18.9 Å². The van der Waals surface area contributed by atoms with Gasteiger partial charge in [0.1, 0.15) is 22.9 Å². The van der Waals surface area contributed by atoms with Crippen LogP contribution in [0.25, 0.3) is 0 Å². The third kappa shape index (κ3) is 3.79. The predicted molar refractivity (Wildman–Crippen MR) is 89.3 cm³/mol. The first-order chi connectivity index (χ1) is 11.1. The molecule has 2 aromatic heterocycles. The molecule has 0 unspecified atom stereocenters. The Morgan fingerprint density at radius 3 is 2.70 bits per heavy atom. The Hall–Kier alpha value is -2.59. The number of anilines is 3. The van der Waals surface area contributed by atoms with Gasteiger partial charge in [0.15, 0.2) is 0 Å². The van der Waals surface area contributed by atoms with Crippen molar-refractivity contribution in [3.05, 3.63) is 35.1 Å². The van der Waals surface area contributed by atoms with Crippen LogP contribution in [-0.2, 0) is 0 Å². The molecule has 1 fully saturated rings. The fourth-order valence-corrected chi connectivity index (χ4v) is 2.80. The van der Waals surface area contributed by atoms with Crippen LogP contribution in [0.3, 0.4) is 0 Å². The Morgan fingerprint density at radius 2 is 2.09 bits per heavy atom. The van der Waals surface area contributed by atoms with Crippen LogP contribution in [0.15, 0.2) is 24.4 Å². The number of aromatic nitrogens is 3. The smallest absolute Gasteiger partial charge is 0.223 e. The Balaban J connectivity index is 1.58. The van der Waals surface area contributed by atoms with Crippen LogP contribution in [0.5, 0.6) is 0 Å². The van der Waals surface area contributed by atoms with Crippen molar-refractivity contribution >= 4 is 29.2 Å². The Kier molecular flexibility index (Phi) is 4.44. The van der Waals surface area contributed by atoms with E-state index in [0.29, 0.717) is 22.6 Å². The molecule has 0 aromatic carbocycles. The molecule has 8 heteroatoms. The van der Waals surface area contributed by atoms with Crippen LogP contribution in [0.1, 0.15) is 18.4 Å². The summed E-state index contributed by atoms with van der Waals surface area (Å²) in [6.07, 6.45) is 3.50. The molecule has 1 aliphatic heterocycles. The number of nitrogen functional groups attached to an aromatic ring is 1. The van der Waals surface area contributed by atoms with E-state index in [4.69, 9.17) is 22.6 Å². The van der Waals surface area contributed by atoms with Crippen molar-refractivity contribution in [3.8, 4) is 6.07 Å². The summed E-state index contributed by atoms with van der Waals surface area (Å²) < 4.78 is 0. The van der Waals surface area contributed by atoms with Crippen molar-refractivity contribution in [1.82, 2.24) is 15.0 Å². The van der Waals surface area contributed by atoms with E-state index >= 15 is 0 Å². The summed E-state index contributed by atoms with van der Waals surface area (Å²) in [5.74, 6) is 1.72. The van der Waals surface area contributed by atoms with Gasteiger partial charge in [0.05, 0.1) is 5.56 Å². The summed E-state index contributed by atoms with van der Waals surface area (Å²) in [6.45, 7) is 1.76. The van der Waals surface area contributed by atoms with Gasteiger partial charge >= 0.3 is 0 Å². The Morgan fingerprint density at radius 1 is 1.30 bits per heavy atom. The highest BCUT2D eigenvalue weighted by Crippen LogP contribution is 2.21. The molecule has 1 saturated heterocycles. The quantitative estimate of drug-likeness (QED) is 0.830. The van der Waals surface area contributed by atoms with E-state index in [0.717, 1.165) is 31.7 Å². The molecule has 0 aliphatic carbocycles. The lowest BCUT2D eigenvalue weighted by Crippen LogP contribution is -2.39. The van der Waals surface area contributed by atoms with Crippen LogP contribution < -0.4 is 16.0 Å². The molecule has 2 aromatic rings. The standard InChI is InChI=1S/C15H16ClN7/c16-12-7-13(22-15(18)21-12)20-11-3-5-23(6-4-11)14-2-1-10(8-17)9-19-14/h1-2,7,9,11H,3-6H2,(H3,18,20,21,22). The fourth-order valence-electron chi connectivity index (χ4n) is 2.61. The molecule has 0 amide bonds. The average molecular weight is 330 g/mol. The zero-order valence-corrected chi connectivity index (χ0v) is 13.2. The van der Waals surface area contributed by atoms with E-state index in [1.54, 1.807) is 18.3 Å². The number of pyridine rings is 1. The third-order valence-electron chi connectivity index (χ3n) is 3.76. The van der Waals surface area contributed by atoms with Gasteiger partial charge in [0, 0.05) is 31.4 Å². The van der Waals surface area contributed by atoms with Crippen molar-refractivity contribution in [2.24, 2.45) is 0 Å². The molecule has 0 spiro atoms. The second-order valence-corrected chi connectivity index (χ2v) is 5.74. The van der Waals surface area contributed by atoms with Crippen LogP contribution in [0, 0.1) is 11.3 Å². The molecule has 0 saturated carbocycles. The lowest BCUT2D eigenvalue weighted by Gasteiger charge is -2.33. The number of nitrogens with two attached hydrogens (primary N) is 1. The van der Waals surface area contributed by atoms with Crippen molar-refractivity contribution in [3.63, 3.8) is 0 Å². The summed E-state index contributed by atoms with van der Waals surface area (Å²) in [5.41, 5.74) is 6.17. The zero-order valence-electron chi connectivity index (χ0n) is 12.4. The van der Waals surface area contributed by atoms with Gasteiger partial charge in [-0.05, 0) is 25.0 Å². The molecule has 3 rings (SSSR count). The van der Waals surface area contributed by atoms with Gasteiger partial charge in [-0.3, -0.25) is 0 Å². The van der Waals surface area contributed by atoms with Crippen molar-refractivity contribution in [1.29, 1.82) is 5.26 Å². The lowest BCUT2D eigenvalue weighted by molar-refractivity contribution is 0.522.